The zero-order valence-electron chi connectivity index (χ0n) is 19.6. The van der Waals surface area contributed by atoms with Crippen molar-refractivity contribution in [1.82, 2.24) is 10.6 Å². The summed E-state index contributed by atoms with van der Waals surface area (Å²) in [5.74, 6) is -1.56. The van der Waals surface area contributed by atoms with E-state index in [4.69, 9.17) is 14.6 Å². The van der Waals surface area contributed by atoms with Crippen LogP contribution < -0.4 is 10.6 Å². The van der Waals surface area contributed by atoms with Crippen molar-refractivity contribution < 1.29 is 29.0 Å². The van der Waals surface area contributed by atoms with Crippen LogP contribution in [-0.4, -0.2) is 55.5 Å². The maximum atomic E-state index is 12.3. The number of hydrogen-bond donors (Lipinski definition) is 3. The number of rotatable bonds is 12. The van der Waals surface area contributed by atoms with Gasteiger partial charge in [-0.3, -0.25) is 9.59 Å². The number of hydrogen-bond acceptors (Lipinski definition) is 5. The summed E-state index contributed by atoms with van der Waals surface area (Å²) in [4.78, 5) is 35.4. The van der Waals surface area contributed by atoms with Crippen molar-refractivity contribution in [2.24, 2.45) is 5.92 Å². The average Bonchev–Trinajstić information content (AvgIpc) is 3.14. The number of amides is 2. The molecule has 2 amide bonds. The highest BCUT2D eigenvalue weighted by atomic mass is 16.5. The van der Waals surface area contributed by atoms with Crippen LogP contribution in [0.2, 0.25) is 0 Å². The van der Waals surface area contributed by atoms with Crippen LogP contribution in [0, 0.1) is 5.92 Å². The number of aliphatic carboxylic acids is 1. The van der Waals surface area contributed by atoms with Gasteiger partial charge in [0.25, 0.3) is 0 Å². The fraction of sp³-hybridized carbons (Fsp3) is 0.423. The monoisotopic (exact) mass is 468 g/mol. The highest BCUT2D eigenvalue weighted by Crippen LogP contribution is 2.44. The van der Waals surface area contributed by atoms with Crippen LogP contribution in [0.4, 0.5) is 4.79 Å². The molecule has 3 rings (SSSR count). The lowest BCUT2D eigenvalue weighted by molar-refractivity contribution is -0.140. The summed E-state index contributed by atoms with van der Waals surface area (Å²) in [6.45, 7) is 4.54. The van der Waals surface area contributed by atoms with Crippen LogP contribution in [0.25, 0.3) is 11.1 Å². The minimum atomic E-state index is -0.979. The van der Waals surface area contributed by atoms with Crippen molar-refractivity contribution in [2.75, 3.05) is 26.3 Å². The Hall–Kier alpha value is -3.39. The maximum absolute atomic E-state index is 12.3. The molecule has 8 nitrogen and oxygen atoms in total. The Morgan fingerprint density at radius 3 is 2.21 bits per heavy atom. The zero-order chi connectivity index (χ0) is 24.5. The molecule has 0 fully saturated rings. The van der Waals surface area contributed by atoms with Gasteiger partial charge in [-0.05, 0) is 35.6 Å². The molecule has 34 heavy (non-hydrogen) atoms. The van der Waals surface area contributed by atoms with Crippen LogP contribution in [0.5, 0.6) is 0 Å². The largest absolute Gasteiger partial charge is 0.481 e. The van der Waals surface area contributed by atoms with Gasteiger partial charge in [-0.2, -0.15) is 0 Å². The van der Waals surface area contributed by atoms with Gasteiger partial charge in [0.05, 0.1) is 12.5 Å². The molecule has 0 heterocycles. The summed E-state index contributed by atoms with van der Waals surface area (Å²) in [5, 5.41) is 14.3. The molecule has 2 aromatic carbocycles. The number of carboxylic acids is 1. The Balaban J connectivity index is 1.41. The SMILES string of the molecule is CCOC(CNC(=O)C(C)CCNC(=O)OCC1c2ccccc2-c2ccccc21)CC(=O)O. The lowest BCUT2D eigenvalue weighted by Gasteiger charge is -2.18. The first kappa shape index (κ1) is 25.2. The van der Waals surface area contributed by atoms with E-state index < -0.39 is 18.2 Å². The second kappa shape index (κ2) is 12.2. The molecule has 0 saturated heterocycles. The third-order valence-electron chi connectivity index (χ3n) is 5.95. The minimum absolute atomic E-state index is 0.00746. The molecule has 1 aliphatic carbocycles. The first-order valence-electron chi connectivity index (χ1n) is 11.6. The minimum Gasteiger partial charge on any atom is -0.481 e. The predicted octanol–water partition coefficient (Wildman–Crippen LogP) is 3.55. The smallest absolute Gasteiger partial charge is 0.407 e. The Morgan fingerprint density at radius 1 is 1.00 bits per heavy atom. The fourth-order valence-corrected chi connectivity index (χ4v) is 4.18. The second-order valence-corrected chi connectivity index (χ2v) is 8.36. The predicted molar refractivity (Wildman–Crippen MR) is 128 cm³/mol. The molecule has 0 aliphatic heterocycles. The Kier molecular flexibility index (Phi) is 9.04. The summed E-state index contributed by atoms with van der Waals surface area (Å²) >= 11 is 0. The normalized spacial score (nSPS) is 13.9. The van der Waals surface area contributed by atoms with Gasteiger partial charge in [0.15, 0.2) is 0 Å². The van der Waals surface area contributed by atoms with Crippen LogP contribution >= 0.6 is 0 Å². The molecule has 1 aliphatic rings. The van der Waals surface area contributed by atoms with E-state index in [0.29, 0.717) is 13.0 Å². The van der Waals surface area contributed by atoms with E-state index in [2.05, 4.69) is 34.9 Å². The van der Waals surface area contributed by atoms with E-state index in [-0.39, 0.29) is 43.9 Å². The van der Waals surface area contributed by atoms with Crippen LogP contribution in [0.3, 0.4) is 0 Å². The summed E-state index contributed by atoms with van der Waals surface area (Å²) in [5.41, 5.74) is 4.63. The summed E-state index contributed by atoms with van der Waals surface area (Å²) in [7, 11) is 0. The number of carbonyl (C=O) groups excluding carboxylic acids is 2. The third kappa shape index (κ3) is 6.57. The molecular formula is C26H32N2O6. The molecule has 0 spiro atoms. The molecule has 2 aromatic rings. The summed E-state index contributed by atoms with van der Waals surface area (Å²) < 4.78 is 10.8. The number of carboxylic acid groups (broad SMARTS) is 1. The van der Waals surface area contributed by atoms with Gasteiger partial charge in [-0.25, -0.2) is 4.79 Å². The van der Waals surface area contributed by atoms with Gasteiger partial charge >= 0.3 is 12.1 Å². The van der Waals surface area contributed by atoms with Crippen molar-refractivity contribution in [2.45, 2.75) is 38.7 Å². The van der Waals surface area contributed by atoms with Gasteiger partial charge in [-0.1, -0.05) is 55.5 Å². The molecule has 2 unspecified atom stereocenters. The number of benzene rings is 2. The van der Waals surface area contributed by atoms with E-state index in [1.807, 2.05) is 24.3 Å². The van der Waals surface area contributed by atoms with Gasteiger partial charge in [0, 0.05) is 31.5 Å². The van der Waals surface area contributed by atoms with Crippen LogP contribution in [0.15, 0.2) is 48.5 Å². The number of fused-ring (bicyclic) bond motifs is 3. The van der Waals surface area contributed by atoms with Crippen LogP contribution in [0.1, 0.15) is 43.7 Å². The van der Waals surface area contributed by atoms with Crippen molar-refractivity contribution in [1.29, 1.82) is 0 Å². The second-order valence-electron chi connectivity index (χ2n) is 8.36. The number of ether oxygens (including phenoxy) is 2. The fourth-order valence-electron chi connectivity index (χ4n) is 4.18. The lowest BCUT2D eigenvalue weighted by atomic mass is 9.98. The molecule has 0 saturated carbocycles. The van der Waals surface area contributed by atoms with Gasteiger partial charge in [-0.15, -0.1) is 0 Å². The molecule has 0 aromatic heterocycles. The van der Waals surface area contributed by atoms with E-state index in [0.717, 1.165) is 11.1 Å². The first-order chi connectivity index (χ1) is 16.4. The van der Waals surface area contributed by atoms with Crippen molar-refractivity contribution in [3.8, 4) is 11.1 Å². The lowest BCUT2D eigenvalue weighted by Crippen LogP contribution is -2.38. The standard InChI is InChI=1S/C26H32N2O6/c1-3-33-18(14-24(29)30)15-28-25(31)17(2)12-13-27-26(32)34-16-23-21-10-6-4-8-19(21)20-9-5-7-11-22(20)23/h4-11,17-18,23H,3,12-16H2,1-2H3,(H,27,32)(H,28,31)(H,29,30). The quantitative estimate of drug-likeness (QED) is 0.439. The summed E-state index contributed by atoms with van der Waals surface area (Å²) in [6.07, 6.45) is -0.843. The van der Waals surface area contributed by atoms with Crippen molar-refractivity contribution in [3.05, 3.63) is 59.7 Å². The van der Waals surface area contributed by atoms with E-state index in [9.17, 15) is 14.4 Å². The topological polar surface area (TPSA) is 114 Å². The number of carbonyl (C=O) groups is 3. The highest BCUT2D eigenvalue weighted by molar-refractivity contribution is 5.79. The molecule has 2 atom stereocenters. The average molecular weight is 469 g/mol. The Labute approximate surface area is 199 Å². The Bertz CT molecular complexity index is 963. The van der Waals surface area contributed by atoms with E-state index >= 15 is 0 Å². The van der Waals surface area contributed by atoms with Gasteiger partial charge in [0.2, 0.25) is 5.91 Å². The van der Waals surface area contributed by atoms with E-state index in [1.54, 1.807) is 13.8 Å². The van der Waals surface area contributed by atoms with Gasteiger partial charge in [0.1, 0.15) is 6.61 Å². The molecule has 0 bridgehead atoms. The van der Waals surface area contributed by atoms with Gasteiger partial charge < -0.3 is 25.2 Å². The molecule has 182 valence electrons. The summed E-state index contributed by atoms with van der Waals surface area (Å²) in [6, 6.07) is 16.3. The maximum Gasteiger partial charge on any atom is 0.407 e. The Morgan fingerprint density at radius 2 is 1.62 bits per heavy atom. The number of alkyl carbamates (subject to hydrolysis) is 1. The van der Waals surface area contributed by atoms with Crippen LogP contribution in [-0.2, 0) is 19.1 Å². The zero-order valence-corrected chi connectivity index (χ0v) is 19.6. The van der Waals surface area contributed by atoms with E-state index in [1.165, 1.54) is 11.1 Å². The van der Waals surface area contributed by atoms with Crippen molar-refractivity contribution >= 4 is 18.0 Å². The third-order valence-corrected chi connectivity index (χ3v) is 5.95. The number of nitrogens with one attached hydrogen (secondary N) is 2. The molecule has 3 N–H and O–H groups in total. The van der Waals surface area contributed by atoms with Crippen molar-refractivity contribution in [3.63, 3.8) is 0 Å². The highest BCUT2D eigenvalue weighted by Gasteiger charge is 2.29. The molecular weight excluding hydrogens is 436 g/mol. The molecule has 8 heteroatoms. The molecule has 0 radical (unpaired) electrons. The first-order valence-corrected chi connectivity index (χ1v) is 11.6.